The van der Waals surface area contributed by atoms with Gasteiger partial charge in [-0.1, -0.05) is 0 Å². The van der Waals surface area contributed by atoms with Crippen molar-refractivity contribution in [2.45, 2.75) is 19.8 Å². The second-order valence-corrected chi connectivity index (χ2v) is 7.08. The summed E-state index contributed by atoms with van der Waals surface area (Å²) < 4.78 is 41.3. The van der Waals surface area contributed by atoms with E-state index >= 15 is 0 Å². The molecule has 2 N–H and O–H groups in total. The van der Waals surface area contributed by atoms with E-state index in [0.717, 1.165) is 12.8 Å². The maximum Gasteiger partial charge on any atom is 0.304 e. The number of rotatable bonds is 5. The normalized spacial score (nSPS) is 17.9. The summed E-state index contributed by atoms with van der Waals surface area (Å²) >= 11 is 0. The molecule has 0 amide bonds. The Morgan fingerprint density at radius 2 is 1.86 bits per heavy atom. The van der Waals surface area contributed by atoms with Gasteiger partial charge >= 0.3 is 10.2 Å². The first-order valence-corrected chi connectivity index (χ1v) is 8.62. The molecule has 1 saturated heterocycles. The molecule has 0 unspecified atom stereocenters. The molecule has 0 aliphatic carbocycles. The van der Waals surface area contributed by atoms with Crippen LogP contribution in [0.3, 0.4) is 0 Å². The molecule has 118 valence electrons. The first-order chi connectivity index (χ1) is 9.98. The highest BCUT2D eigenvalue weighted by Crippen LogP contribution is 2.24. The third-order valence-corrected chi connectivity index (χ3v) is 5.96. The van der Waals surface area contributed by atoms with Gasteiger partial charge in [0, 0.05) is 19.6 Å². The first kappa shape index (κ1) is 16.2. The van der Waals surface area contributed by atoms with E-state index in [1.165, 1.54) is 32.9 Å². The zero-order chi connectivity index (χ0) is 15.5. The van der Waals surface area contributed by atoms with E-state index in [1.807, 2.05) is 0 Å². The van der Waals surface area contributed by atoms with Crippen LogP contribution in [0.15, 0.2) is 24.3 Å². The molecule has 1 aliphatic heterocycles. The minimum Gasteiger partial charge on any atom is -0.330 e. The molecule has 7 heteroatoms. The Hall–Kier alpha value is -1.18. The predicted molar refractivity (Wildman–Crippen MR) is 81.7 cm³/mol. The summed E-state index contributed by atoms with van der Waals surface area (Å²) in [6.07, 6.45) is 1.58. The van der Waals surface area contributed by atoms with Gasteiger partial charge in [-0.2, -0.15) is 12.7 Å². The number of halogens is 1. The number of anilines is 1. The van der Waals surface area contributed by atoms with Crippen molar-refractivity contribution in [2.75, 3.05) is 30.5 Å². The maximum absolute atomic E-state index is 13.0. The highest BCUT2D eigenvalue weighted by Gasteiger charge is 2.32. The second-order valence-electron chi connectivity index (χ2n) is 5.23. The molecule has 0 saturated carbocycles. The molecular weight excluding hydrogens is 293 g/mol. The fraction of sp³-hybridized carbons (Fsp3) is 0.571. The topological polar surface area (TPSA) is 66.6 Å². The third kappa shape index (κ3) is 3.53. The average Bonchev–Trinajstić information content (AvgIpc) is 2.50. The fourth-order valence-corrected chi connectivity index (χ4v) is 4.27. The summed E-state index contributed by atoms with van der Waals surface area (Å²) in [6.45, 7) is 3.66. The van der Waals surface area contributed by atoms with E-state index in [1.54, 1.807) is 6.92 Å². The summed E-state index contributed by atoms with van der Waals surface area (Å²) in [5.41, 5.74) is 6.12. The van der Waals surface area contributed by atoms with Crippen LogP contribution in [0, 0.1) is 11.7 Å². The van der Waals surface area contributed by atoms with Gasteiger partial charge in [-0.15, -0.1) is 0 Å². The van der Waals surface area contributed by atoms with Gasteiger partial charge in [0.25, 0.3) is 0 Å². The lowest BCUT2D eigenvalue weighted by Gasteiger charge is -2.35. The Balaban J connectivity index is 2.18. The lowest BCUT2D eigenvalue weighted by atomic mass is 9.99. The molecular formula is C14H22FN3O2S. The van der Waals surface area contributed by atoms with E-state index in [4.69, 9.17) is 5.73 Å². The first-order valence-electron chi connectivity index (χ1n) is 7.22. The Morgan fingerprint density at radius 3 is 2.33 bits per heavy atom. The number of hydrogen-bond donors (Lipinski definition) is 1. The van der Waals surface area contributed by atoms with Crippen LogP contribution in [0.4, 0.5) is 10.1 Å². The summed E-state index contributed by atoms with van der Waals surface area (Å²) in [7, 11) is -3.57. The Morgan fingerprint density at radius 1 is 1.29 bits per heavy atom. The quantitative estimate of drug-likeness (QED) is 0.897. The van der Waals surface area contributed by atoms with Crippen LogP contribution in [-0.4, -0.2) is 38.9 Å². The fourth-order valence-electron chi connectivity index (χ4n) is 2.60. The van der Waals surface area contributed by atoms with Crippen molar-refractivity contribution in [1.82, 2.24) is 4.31 Å². The van der Waals surface area contributed by atoms with Crippen LogP contribution in [0.25, 0.3) is 0 Å². The Kier molecular flexibility index (Phi) is 5.18. The third-order valence-electron chi connectivity index (χ3n) is 3.91. The van der Waals surface area contributed by atoms with Crippen molar-refractivity contribution in [3.8, 4) is 0 Å². The van der Waals surface area contributed by atoms with E-state index in [-0.39, 0.29) is 5.82 Å². The average molecular weight is 315 g/mol. The summed E-state index contributed by atoms with van der Waals surface area (Å²) in [6, 6.07) is 5.52. The molecule has 2 rings (SSSR count). The van der Waals surface area contributed by atoms with E-state index in [0.29, 0.717) is 37.8 Å². The molecule has 0 aromatic heterocycles. The minimum absolute atomic E-state index is 0.310. The van der Waals surface area contributed by atoms with Crippen molar-refractivity contribution in [2.24, 2.45) is 11.7 Å². The number of hydrogen-bond acceptors (Lipinski definition) is 3. The van der Waals surface area contributed by atoms with Crippen molar-refractivity contribution < 1.29 is 12.8 Å². The van der Waals surface area contributed by atoms with Crippen LogP contribution in [0.5, 0.6) is 0 Å². The van der Waals surface area contributed by atoms with Crippen LogP contribution in [0.2, 0.25) is 0 Å². The van der Waals surface area contributed by atoms with Gasteiger partial charge < -0.3 is 5.73 Å². The van der Waals surface area contributed by atoms with Gasteiger partial charge in [0.15, 0.2) is 0 Å². The lowest BCUT2D eigenvalue weighted by molar-refractivity contribution is 0.278. The highest BCUT2D eigenvalue weighted by atomic mass is 32.2. The molecule has 0 bridgehead atoms. The number of piperidine rings is 1. The van der Waals surface area contributed by atoms with Crippen molar-refractivity contribution >= 4 is 15.9 Å². The van der Waals surface area contributed by atoms with Gasteiger partial charge in [-0.05, 0) is 56.5 Å². The molecule has 0 spiro atoms. The lowest BCUT2D eigenvalue weighted by Crippen LogP contribution is -2.48. The zero-order valence-electron chi connectivity index (χ0n) is 12.2. The van der Waals surface area contributed by atoms with E-state index in [9.17, 15) is 12.8 Å². The molecule has 0 atom stereocenters. The minimum atomic E-state index is -3.57. The van der Waals surface area contributed by atoms with Crippen LogP contribution < -0.4 is 10.0 Å². The molecule has 1 aromatic carbocycles. The summed E-state index contributed by atoms with van der Waals surface area (Å²) in [5, 5.41) is 0. The van der Waals surface area contributed by atoms with Gasteiger partial charge in [-0.3, -0.25) is 4.31 Å². The monoisotopic (exact) mass is 315 g/mol. The summed E-state index contributed by atoms with van der Waals surface area (Å²) in [5.74, 6) is 0.0216. The van der Waals surface area contributed by atoms with Gasteiger partial charge in [0.1, 0.15) is 5.82 Å². The standard InChI is InChI=1S/C14H22FN3O2S/c1-2-18(14-5-3-13(15)4-6-14)21(19,20)17-9-7-12(11-16)8-10-17/h3-6,12H,2,7-11,16H2,1H3. The molecule has 21 heavy (non-hydrogen) atoms. The Bertz CT molecular complexity index is 554. The van der Waals surface area contributed by atoms with Crippen LogP contribution in [-0.2, 0) is 10.2 Å². The van der Waals surface area contributed by atoms with Crippen molar-refractivity contribution in [1.29, 1.82) is 0 Å². The van der Waals surface area contributed by atoms with Crippen LogP contribution in [0.1, 0.15) is 19.8 Å². The molecule has 1 heterocycles. The maximum atomic E-state index is 13.0. The predicted octanol–water partition coefficient (Wildman–Crippen LogP) is 1.57. The van der Waals surface area contributed by atoms with E-state index in [2.05, 4.69) is 0 Å². The molecule has 1 aromatic rings. The largest absolute Gasteiger partial charge is 0.330 e. The van der Waals surface area contributed by atoms with Crippen molar-refractivity contribution in [3.05, 3.63) is 30.1 Å². The SMILES string of the molecule is CCN(c1ccc(F)cc1)S(=O)(=O)N1CCC(CN)CC1. The van der Waals surface area contributed by atoms with Gasteiger partial charge in [-0.25, -0.2) is 4.39 Å². The number of nitrogens with two attached hydrogens (primary N) is 1. The Labute approximate surface area is 125 Å². The second kappa shape index (κ2) is 6.72. The molecule has 1 aliphatic rings. The van der Waals surface area contributed by atoms with Crippen LogP contribution >= 0.6 is 0 Å². The molecule has 0 radical (unpaired) electrons. The smallest absolute Gasteiger partial charge is 0.304 e. The molecule has 1 fully saturated rings. The molecule has 5 nitrogen and oxygen atoms in total. The van der Waals surface area contributed by atoms with Gasteiger partial charge in [0.05, 0.1) is 5.69 Å². The zero-order valence-corrected chi connectivity index (χ0v) is 13.0. The number of nitrogens with zero attached hydrogens (tertiary/aromatic N) is 2. The highest BCUT2D eigenvalue weighted by molar-refractivity contribution is 7.90. The van der Waals surface area contributed by atoms with Crippen molar-refractivity contribution in [3.63, 3.8) is 0 Å². The van der Waals surface area contributed by atoms with E-state index < -0.39 is 10.2 Å². The van der Waals surface area contributed by atoms with Gasteiger partial charge in [0.2, 0.25) is 0 Å². The summed E-state index contributed by atoms with van der Waals surface area (Å²) in [4.78, 5) is 0. The number of benzene rings is 1.